The van der Waals surface area contributed by atoms with E-state index in [0.717, 1.165) is 0 Å². The van der Waals surface area contributed by atoms with Gasteiger partial charge in [0.1, 0.15) is 0 Å². The highest BCUT2D eigenvalue weighted by atomic mass is 15.5. The van der Waals surface area contributed by atoms with Gasteiger partial charge in [0.25, 0.3) is 0 Å². The maximum absolute atomic E-state index is 3.58. The first-order valence-electron chi connectivity index (χ1n) is 5.68. The number of hydrogen-bond acceptors (Lipinski definition) is 3. The second kappa shape index (κ2) is 2.89. The SMILES string of the molecule is C1=CC2NC3Nc4ccccc4N3C2C=C1. The molecule has 3 heteroatoms. The van der Waals surface area contributed by atoms with Crippen molar-refractivity contribution in [2.75, 3.05) is 10.2 Å². The topological polar surface area (TPSA) is 27.3 Å². The van der Waals surface area contributed by atoms with Crippen LogP contribution in [0, 0.1) is 0 Å². The van der Waals surface area contributed by atoms with E-state index in [9.17, 15) is 0 Å². The summed E-state index contributed by atoms with van der Waals surface area (Å²) < 4.78 is 0. The summed E-state index contributed by atoms with van der Waals surface area (Å²) in [5.74, 6) is 0. The number of nitrogens with zero attached hydrogens (tertiary/aromatic N) is 1. The molecular weight excluding hydrogens is 198 g/mol. The minimum Gasteiger partial charge on any atom is -0.351 e. The predicted octanol–water partition coefficient (Wildman–Crippen LogP) is 1.67. The van der Waals surface area contributed by atoms with Crippen molar-refractivity contribution in [1.29, 1.82) is 0 Å². The fraction of sp³-hybridized carbons (Fsp3) is 0.231. The zero-order valence-electron chi connectivity index (χ0n) is 8.80. The van der Waals surface area contributed by atoms with Gasteiger partial charge in [-0.05, 0) is 12.1 Å². The van der Waals surface area contributed by atoms with Crippen LogP contribution in [0.25, 0.3) is 0 Å². The third-order valence-electron chi connectivity index (χ3n) is 3.53. The monoisotopic (exact) mass is 211 g/mol. The number of benzene rings is 1. The summed E-state index contributed by atoms with van der Waals surface area (Å²) in [5.41, 5.74) is 2.52. The molecule has 2 aliphatic heterocycles. The normalized spacial score (nSPS) is 33.2. The molecule has 3 atom stereocenters. The molecule has 2 N–H and O–H groups in total. The predicted molar refractivity (Wildman–Crippen MR) is 65.3 cm³/mol. The molecule has 1 saturated heterocycles. The van der Waals surface area contributed by atoms with Gasteiger partial charge in [0, 0.05) is 0 Å². The van der Waals surface area contributed by atoms with Gasteiger partial charge in [0.05, 0.1) is 23.5 Å². The van der Waals surface area contributed by atoms with E-state index in [1.165, 1.54) is 11.4 Å². The smallest absolute Gasteiger partial charge is 0.156 e. The highest BCUT2D eigenvalue weighted by molar-refractivity contribution is 5.77. The minimum atomic E-state index is 0.236. The van der Waals surface area contributed by atoms with E-state index in [1.54, 1.807) is 0 Å². The van der Waals surface area contributed by atoms with Crippen LogP contribution in [-0.4, -0.2) is 18.4 Å². The molecule has 1 fully saturated rings. The van der Waals surface area contributed by atoms with Gasteiger partial charge in [-0.25, -0.2) is 0 Å². The van der Waals surface area contributed by atoms with Crippen molar-refractivity contribution < 1.29 is 0 Å². The molecule has 16 heavy (non-hydrogen) atoms. The van der Waals surface area contributed by atoms with Crippen molar-refractivity contribution >= 4 is 11.4 Å². The lowest BCUT2D eigenvalue weighted by molar-refractivity contribution is 0.641. The van der Waals surface area contributed by atoms with E-state index in [4.69, 9.17) is 0 Å². The van der Waals surface area contributed by atoms with Crippen LogP contribution >= 0.6 is 0 Å². The fourth-order valence-corrected chi connectivity index (χ4v) is 2.83. The zero-order chi connectivity index (χ0) is 10.5. The largest absolute Gasteiger partial charge is 0.351 e. The second-order valence-corrected chi connectivity index (χ2v) is 4.42. The Balaban J connectivity index is 1.81. The Hall–Kier alpha value is -1.74. The molecule has 3 unspecified atom stereocenters. The highest BCUT2D eigenvalue weighted by Crippen LogP contribution is 2.39. The first kappa shape index (κ1) is 8.42. The van der Waals surface area contributed by atoms with Crippen LogP contribution in [0.5, 0.6) is 0 Å². The van der Waals surface area contributed by atoms with Crippen LogP contribution in [-0.2, 0) is 0 Å². The summed E-state index contributed by atoms with van der Waals surface area (Å²) >= 11 is 0. The van der Waals surface area contributed by atoms with Gasteiger partial charge >= 0.3 is 0 Å². The molecule has 0 bridgehead atoms. The number of rotatable bonds is 0. The first-order chi connectivity index (χ1) is 7.93. The van der Waals surface area contributed by atoms with Gasteiger partial charge in [-0.1, -0.05) is 36.4 Å². The Kier molecular flexibility index (Phi) is 1.52. The Bertz CT molecular complexity index is 492. The van der Waals surface area contributed by atoms with E-state index >= 15 is 0 Å². The maximum Gasteiger partial charge on any atom is 0.156 e. The average Bonchev–Trinajstić information content (AvgIpc) is 2.83. The Morgan fingerprint density at radius 1 is 1.06 bits per heavy atom. The lowest BCUT2D eigenvalue weighted by Gasteiger charge is -2.25. The van der Waals surface area contributed by atoms with Crippen LogP contribution in [0.4, 0.5) is 11.4 Å². The number of fused-ring (bicyclic) bond motifs is 5. The van der Waals surface area contributed by atoms with E-state index in [2.05, 4.69) is 64.1 Å². The van der Waals surface area contributed by atoms with Crippen LogP contribution < -0.4 is 15.5 Å². The lowest BCUT2D eigenvalue weighted by atomic mass is 10.0. The van der Waals surface area contributed by atoms with Gasteiger partial charge in [-0.2, -0.15) is 0 Å². The van der Waals surface area contributed by atoms with Crippen molar-refractivity contribution in [2.24, 2.45) is 0 Å². The number of anilines is 2. The van der Waals surface area contributed by atoms with Gasteiger partial charge in [-0.15, -0.1) is 0 Å². The molecule has 2 heterocycles. The molecule has 1 aromatic carbocycles. The minimum absolute atomic E-state index is 0.236. The van der Waals surface area contributed by atoms with Crippen molar-refractivity contribution in [3.63, 3.8) is 0 Å². The summed E-state index contributed by atoms with van der Waals surface area (Å²) in [6, 6.07) is 9.34. The first-order valence-corrected chi connectivity index (χ1v) is 5.68. The third kappa shape index (κ3) is 0.959. The molecule has 0 spiro atoms. The molecular formula is C13H13N3. The summed E-state index contributed by atoms with van der Waals surface area (Å²) in [6.07, 6.45) is 8.98. The quantitative estimate of drug-likeness (QED) is 0.683. The second-order valence-electron chi connectivity index (χ2n) is 4.42. The molecule has 1 aliphatic carbocycles. The van der Waals surface area contributed by atoms with Crippen LogP contribution in [0.2, 0.25) is 0 Å². The fourth-order valence-electron chi connectivity index (χ4n) is 2.83. The van der Waals surface area contributed by atoms with Gasteiger partial charge in [0.15, 0.2) is 6.29 Å². The number of para-hydroxylation sites is 2. The number of nitrogens with one attached hydrogen (secondary N) is 2. The summed E-state index contributed by atoms with van der Waals surface area (Å²) in [6.45, 7) is 0. The van der Waals surface area contributed by atoms with Gasteiger partial charge in [-0.3, -0.25) is 5.32 Å². The van der Waals surface area contributed by atoms with E-state index < -0.39 is 0 Å². The summed E-state index contributed by atoms with van der Waals surface area (Å²) in [4.78, 5) is 2.42. The summed E-state index contributed by atoms with van der Waals surface area (Å²) in [7, 11) is 0. The molecule has 3 aliphatic rings. The van der Waals surface area contributed by atoms with Crippen molar-refractivity contribution in [3.05, 3.63) is 48.6 Å². The molecule has 0 amide bonds. The van der Waals surface area contributed by atoms with E-state index in [-0.39, 0.29) is 6.29 Å². The molecule has 80 valence electrons. The van der Waals surface area contributed by atoms with Gasteiger partial charge in [0.2, 0.25) is 0 Å². The number of allylic oxidation sites excluding steroid dienone is 2. The molecule has 3 nitrogen and oxygen atoms in total. The van der Waals surface area contributed by atoms with Crippen molar-refractivity contribution in [3.8, 4) is 0 Å². The van der Waals surface area contributed by atoms with Crippen LogP contribution in [0.15, 0.2) is 48.6 Å². The molecule has 1 aromatic rings. The highest BCUT2D eigenvalue weighted by Gasteiger charge is 2.43. The molecule has 0 radical (unpaired) electrons. The summed E-state index contributed by atoms with van der Waals surface area (Å²) in [5, 5.41) is 7.08. The lowest BCUT2D eigenvalue weighted by Crippen LogP contribution is -2.39. The Morgan fingerprint density at radius 2 is 1.94 bits per heavy atom. The van der Waals surface area contributed by atoms with E-state index in [0.29, 0.717) is 12.1 Å². The van der Waals surface area contributed by atoms with Crippen molar-refractivity contribution in [2.45, 2.75) is 18.4 Å². The average molecular weight is 211 g/mol. The zero-order valence-corrected chi connectivity index (χ0v) is 8.80. The van der Waals surface area contributed by atoms with Crippen molar-refractivity contribution in [1.82, 2.24) is 5.32 Å². The molecule has 0 aromatic heterocycles. The maximum atomic E-state index is 3.58. The standard InChI is InChI=1S/C13H13N3/c1-3-7-11-9(5-1)14-13-15-10-6-2-4-8-12(10)16(11)13/h1-9,11,13-15H. The Morgan fingerprint density at radius 3 is 2.94 bits per heavy atom. The Labute approximate surface area is 94.4 Å². The van der Waals surface area contributed by atoms with Crippen LogP contribution in [0.1, 0.15) is 0 Å². The number of hydrogen-bond donors (Lipinski definition) is 2. The van der Waals surface area contributed by atoms with Gasteiger partial charge < -0.3 is 10.2 Å². The van der Waals surface area contributed by atoms with Crippen LogP contribution in [0.3, 0.4) is 0 Å². The third-order valence-corrected chi connectivity index (χ3v) is 3.53. The van der Waals surface area contributed by atoms with E-state index in [1.807, 2.05) is 0 Å². The molecule has 4 rings (SSSR count). The molecule has 0 saturated carbocycles.